The number of hydrogen-bond acceptors (Lipinski definition) is 3. The van der Waals surface area contributed by atoms with E-state index in [1.54, 1.807) is 0 Å². The number of halogens is 3. The molecule has 0 aliphatic rings. The van der Waals surface area contributed by atoms with Crippen LogP contribution in [0.15, 0.2) is 35.4 Å². The molecule has 2 heterocycles. The highest BCUT2D eigenvalue weighted by Crippen LogP contribution is 2.30. The van der Waals surface area contributed by atoms with Crippen LogP contribution < -0.4 is 10.9 Å². The Bertz CT molecular complexity index is 738. The second kappa shape index (κ2) is 5.39. The van der Waals surface area contributed by atoms with Gasteiger partial charge in [0.25, 0.3) is 11.5 Å². The zero-order valence-corrected chi connectivity index (χ0v) is 10.8. The molecule has 0 aliphatic heterocycles. The quantitative estimate of drug-likeness (QED) is 0.893. The van der Waals surface area contributed by atoms with Gasteiger partial charge in [-0.3, -0.25) is 14.6 Å². The molecule has 0 bridgehead atoms. The van der Waals surface area contributed by atoms with Crippen molar-refractivity contribution in [2.75, 3.05) is 5.32 Å². The van der Waals surface area contributed by atoms with Crippen LogP contribution in [0.5, 0.6) is 0 Å². The van der Waals surface area contributed by atoms with Crippen molar-refractivity contribution in [3.8, 4) is 0 Å². The van der Waals surface area contributed by atoms with Crippen molar-refractivity contribution in [3.05, 3.63) is 57.8 Å². The number of carbonyl (C=O) groups excluding carboxylic acids is 1. The molecule has 2 aromatic heterocycles. The molecule has 1 amide bonds. The van der Waals surface area contributed by atoms with Gasteiger partial charge in [-0.25, -0.2) is 0 Å². The Morgan fingerprint density at radius 1 is 1.38 bits per heavy atom. The first-order valence-corrected chi connectivity index (χ1v) is 5.82. The first-order chi connectivity index (χ1) is 9.79. The average molecular weight is 297 g/mol. The molecular weight excluding hydrogens is 287 g/mol. The predicted molar refractivity (Wildman–Crippen MR) is 69.0 cm³/mol. The van der Waals surface area contributed by atoms with E-state index < -0.39 is 23.3 Å². The van der Waals surface area contributed by atoms with Gasteiger partial charge in [0, 0.05) is 18.0 Å². The lowest BCUT2D eigenvalue weighted by atomic mass is 10.1. The second-order valence-corrected chi connectivity index (χ2v) is 4.25. The standard InChI is InChI=1S/C13H10F3N3O2/c1-7-5-8(6-18-11(7)20)19-12(21)9-3-2-4-17-10(9)13(14,15)16/h2-6H,1H3,(H,18,20)(H,19,21). The van der Waals surface area contributed by atoms with E-state index in [4.69, 9.17) is 0 Å². The third-order valence-electron chi connectivity index (χ3n) is 2.67. The average Bonchev–Trinajstić information content (AvgIpc) is 2.42. The van der Waals surface area contributed by atoms with Crippen LogP contribution in [-0.2, 0) is 6.18 Å². The number of aromatic amines is 1. The Balaban J connectivity index is 2.33. The third-order valence-corrected chi connectivity index (χ3v) is 2.67. The number of nitrogens with zero attached hydrogens (tertiary/aromatic N) is 1. The molecule has 0 aromatic carbocycles. The minimum Gasteiger partial charge on any atom is -0.327 e. The van der Waals surface area contributed by atoms with Gasteiger partial charge in [0.2, 0.25) is 0 Å². The summed E-state index contributed by atoms with van der Waals surface area (Å²) in [5, 5.41) is 2.29. The van der Waals surface area contributed by atoms with Crippen molar-refractivity contribution in [1.29, 1.82) is 0 Å². The van der Waals surface area contributed by atoms with Crippen LogP contribution in [0.1, 0.15) is 21.6 Å². The van der Waals surface area contributed by atoms with Gasteiger partial charge in [0.15, 0.2) is 5.69 Å². The minimum absolute atomic E-state index is 0.189. The summed E-state index contributed by atoms with van der Waals surface area (Å²) in [5.41, 5.74) is -1.67. The SMILES string of the molecule is Cc1cc(NC(=O)c2cccnc2C(F)(F)F)c[nH]c1=O. The summed E-state index contributed by atoms with van der Waals surface area (Å²) in [7, 11) is 0. The fourth-order valence-corrected chi connectivity index (χ4v) is 1.68. The number of pyridine rings is 2. The van der Waals surface area contributed by atoms with E-state index in [0.717, 1.165) is 12.3 Å². The molecule has 0 spiro atoms. The number of rotatable bonds is 2. The molecule has 0 aliphatic carbocycles. The van der Waals surface area contributed by atoms with Crippen LogP contribution >= 0.6 is 0 Å². The molecule has 0 unspecified atom stereocenters. The van der Waals surface area contributed by atoms with Crippen LogP contribution in [0.25, 0.3) is 0 Å². The molecule has 0 radical (unpaired) electrons. The Morgan fingerprint density at radius 2 is 2.10 bits per heavy atom. The van der Waals surface area contributed by atoms with E-state index in [-0.39, 0.29) is 11.2 Å². The van der Waals surface area contributed by atoms with Crippen LogP contribution in [0.2, 0.25) is 0 Å². The number of anilines is 1. The molecule has 0 fully saturated rings. The summed E-state index contributed by atoms with van der Waals surface area (Å²) in [6.07, 6.45) is -2.56. The van der Waals surface area contributed by atoms with E-state index in [9.17, 15) is 22.8 Å². The number of H-pyrrole nitrogens is 1. The molecule has 0 saturated heterocycles. The van der Waals surface area contributed by atoms with Gasteiger partial charge in [-0.15, -0.1) is 0 Å². The fourth-order valence-electron chi connectivity index (χ4n) is 1.68. The monoisotopic (exact) mass is 297 g/mol. The number of aryl methyl sites for hydroxylation is 1. The molecule has 2 aromatic rings. The normalized spacial score (nSPS) is 11.2. The van der Waals surface area contributed by atoms with E-state index in [2.05, 4.69) is 15.3 Å². The van der Waals surface area contributed by atoms with Crippen molar-refractivity contribution in [1.82, 2.24) is 9.97 Å². The molecule has 0 atom stereocenters. The molecule has 2 rings (SSSR count). The molecular formula is C13H10F3N3O2. The lowest BCUT2D eigenvalue weighted by Crippen LogP contribution is -2.21. The summed E-state index contributed by atoms with van der Waals surface area (Å²) >= 11 is 0. The summed E-state index contributed by atoms with van der Waals surface area (Å²) in [6, 6.07) is 3.63. The maximum Gasteiger partial charge on any atom is 0.434 e. The lowest BCUT2D eigenvalue weighted by molar-refractivity contribution is -0.141. The van der Waals surface area contributed by atoms with E-state index in [1.165, 1.54) is 25.3 Å². The molecule has 21 heavy (non-hydrogen) atoms. The van der Waals surface area contributed by atoms with Gasteiger partial charge in [0.05, 0.1) is 11.3 Å². The first-order valence-electron chi connectivity index (χ1n) is 5.82. The van der Waals surface area contributed by atoms with E-state index >= 15 is 0 Å². The van der Waals surface area contributed by atoms with Crippen LogP contribution in [0.3, 0.4) is 0 Å². The minimum atomic E-state index is -4.73. The van der Waals surface area contributed by atoms with Crippen molar-refractivity contribution in [2.24, 2.45) is 0 Å². The highest BCUT2D eigenvalue weighted by molar-refractivity contribution is 6.05. The lowest BCUT2D eigenvalue weighted by Gasteiger charge is -2.11. The van der Waals surface area contributed by atoms with Crippen LogP contribution in [-0.4, -0.2) is 15.9 Å². The van der Waals surface area contributed by atoms with Crippen molar-refractivity contribution < 1.29 is 18.0 Å². The molecule has 0 saturated carbocycles. The van der Waals surface area contributed by atoms with Gasteiger partial charge in [-0.2, -0.15) is 13.2 Å². The first kappa shape index (κ1) is 14.8. The largest absolute Gasteiger partial charge is 0.434 e. The smallest absolute Gasteiger partial charge is 0.327 e. The number of nitrogens with one attached hydrogen (secondary N) is 2. The summed E-state index contributed by atoms with van der Waals surface area (Å²) < 4.78 is 38.3. The Morgan fingerprint density at radius 3 is 2.71 bits per heavy atom. The number of carbonyl (C=O) groups is 1. The maximum atomic E-state index is 12.8. The zero-order chi connectivity index (χ0) is 15.6. The molecule has 2 N–H and O–H groups in total. The Hall–Kier alpha value is -2.64. The molecule has 8 heteroatoms. The summed E-state index contributed by atoms with van der Waals surface area (Å²) in [4.78, 5) is 28.7. The van der Waals surface area contributed by atoms with Crippen LogP contribution in [0.4, 0.5) is 18.9 Å². The van der Waals surface area contributed by atoms with E-state index in [1.807, 2.05) is 0 Å². The maximum absolute atomic E-state index is 12.8. The van der Waals surface area contributed by atoms with Gasteiger partial charge < -0.3 is 10.3 Å². The van der Waals surface area contributed by atoms with Crippen LogP contribution in [0, 0.1) is 6.92 Å². The second-order valence-electron chi connectivity index (χ2n) is 4.25. The number of alkyl halides is 3. The topological polar surface area (TPSA) is 74.8 Å². The predicted octanol–water partition coefficient (Wildman–Crippen LogP) is 2.35. The number of amides is 1. The summed E-state index contributed by atoms with van der Waals surface area (Å²) in [5.74, 6) is -0.957. The van der Waals surface area contributed by atoms with E-state index in [0.29, 0.717) is 5.56 Å². The Labute approximate surface area is 116 Å². The zero-order valence-electron chi connectivity index (χ0n) is 10.8. The van der Waals surface area contributed by atoms with Gasteiger partial charge in [-0.05, 0) is 25.1 Å². The number of hydrogen-bond donors (Lipinski definition) is 2. The fraction of sp³-hybridized carbons (Fsp3) is 0.154. The van der Waals surface area contributed by atoms with Gasteiger partial charge in [0.1, 0.15) is 0 Å². The highest BCUT2D eigenvalue weighted by Gasteiger charge is 2.36. The van der Waals surface area contributed by atoms with Gasteiger partial charge in [-0.1, -0.05) is 0 Å². The Kier molecular flexibility index (Phi) is 3.79. The molecule has 5 nitrogen and oxygen atoms in total. The van der Waals surface area contributed by atoms with Crippen molar-refractivity contribution in [2.45, 2.75) is 13.1 Å². The summed E-state index contributed by atoms with van der Waals surface area (Å²) in [6.45, 7) is 1.51. The molecule has 110 valence electrons. The van der Waals surface area contributed by atoms with Crippen molar-refractivity contribution in [3.63, 3.8) is 0 Å². The third kappa shape index (κ3) is 3.28. The van der Waals surface area contributed by atoms with Crippen molar-refractivity contribution >= 4 is 11.6 Å². The highest BCUT2D eigenvalue weighted by atomic mass is 19.4. The number of aromatic nitrogens is 2. The van der Waals surface area contributed by atoms with Gasteiger partial charge >= 0.3 is 6.18 Å².